The maximum atomic E-state index is 13.3. The minimum absolute atomic E-state index is 0.113. The van der Waals surface area contributed by atoms with E-state index in [0.29, 0.717) is 18.1 Å². The number of aromatic nitrogens is 3. The first-order valence-corrected chi connectivity index (χ1v) is 9.77. The third-order valence-corrected chi connectivity index (χ3v) is 4.74. The Hall–Kier alpha value is -3.46. The number of carbonyl (C=O) groups excluding carboxylic acids is 1. The van der Waals surface area contributed by atoms with Gasteiger partial charge in [-0.25, -0.2) is 14.1 Å². The quantitative estimate of drug-likeness (QED) is 0.424. The number of hydrogen-bond acceptors (Lipinski definition) is 5. The van der Waals surface area contributed by atoms with Crippen LogP contribution in [0.15, 0.2) is 75.9 Å². The van der Waals surface area contributed by atoms with Gasteiger partial charge in [0.05, 0.1) is 11.0 Å². The van der Waals surface area contributed by atoms with Gasteiger partial charge in [0.2, 0.25) is 5.95 Å². The molecule has 0 saturated carbocycles. The molecule has 0 atom stereocenters. The second-order valence-electron chi connectivity index (χ2n) is 6.33. The van der Waals surface area contributed by atoms with Crippen molar-refractivity contribution in [2.45, 2.75) is 13.2 Å². The molecule has 0 unspecified atom stereocenters. The highest BCUT2D eigenvalue weighted by molar-refractivity contribution is 9.10. The van der Waals surface area contributed by atoms with Crippen LogP contribution in [0, 0.1) is 5.82 Å². The molecule has 2 aromatic carbocycles. The zero-order valence-electron chi connectivity index (χ0n) is 15.6. The monoisotopic (exact) mass is 470 g/mol. The van der Waals surface area contributed by atoms with Gasteiger partial charge in [0.15, 0.2) is 5.76 Å². The fourth-order valence-electron chi connectivity index (χ4n) is 2.70. The summed E-state index contributed by atoms with van der Waals surface area (Å²) in [6, 6.07) is 16.9. The third-order valence-electron chi connectivity index (χ3n) is 4.09. The summed E-state index contributed by atoms with van der Waals surface area (Å²) in [6.45, 7) is 0.508. The molecule has 4 rings (SSSR count). The van der Waals surface area contributed by atoms with Crippen LogP contribution in [0.4, 0.5) is 10.3 Å². The predicted octanol–water partition coefficient (Wildman–Crippen LogP) is 4.65. The maximum absolute atomic E-state index is 13.3. The first-order valence-electron chi connectivity index (χ1n) is 8.98. The summed E-state index contributed by atoms with van der Waals surface area (Å²) in [6.07, 6.45) is 1.46. The summed E-state index contributed by atoms with van der Waals surface area (Å²) in [5.41, 5.74) is 0.735. The van der Waals surface area contributed by atoms with Gasteiger partial charge in [0, 0.05) is 0 Å². The molecule has 0 bridgehead atoms. The molecule has 9 heteroatoms. The van der Waals surface area contributed by atoms with Crippen molar-refractivity contribution >= 4 is 27.8 Å². The van der Waals surface area contributed by atoms with Crippen LogP contribution in [-0.2, 0) is 13.2 Å². The summed E-state index contributed by atoms with van der Waals surface area (Å²) >= 11 is 3.41. The summed E-state index contributed by atoms with van der Waals surface area (Å²) < 4.78 is 26.8. The number of ether oxygens (including phenoxy) is 1. The average Bonchev–Trinajstić information content (AvgIpc) is 3.37. The van der Waals surface area contributed by atoms with Crippen LogP contribution >= 0.6 is 15.9 Å². The molecule has 0 radical (unpaired) electrons. The molecule has 7 nitrogen and oxygen atoms in total. The van der Waals surface area contributed by atoms with Crippen LogP contribution < -0.4 is 10.1 Å². The van der Waals surface area contributed by atoms with Gasteiger partial charge in [0.25, 0.3) is 5.91 Å². The van der Waals surface area contributed by atoms with Gasteiger partial charge in [0.1, 0.15) is 30.3 Å². The predicted molar refractivity (Wildman–Crippen MR) is 111 cm³/mol. The SMILES string of the molecule is O=C(Nc1ncn(Cc2cccc(F)c2)n1)c1ccc(COc2ccccc2Br)o1. The molecule has 1 amide bonds. The molecular formula is C21H16BrFN4O3. The first-order chi connectivity index (χ1) is 14.6. The number of carbonyl (C=O) groups is 1. The Balaban J connectivity index is 1.34. The number of anilines is 1. The highest BCUT2D eigenvalue weighted by Gasteiger charge is 2.14. The molecule has 0 saturated heterocycles. The maximum Gasteiger partial charge on any atom is 0.293 e. The Morgan fingerprint density at radius 3 is 2.87 bits per heavy atom. The molecule has 152 valence electrons. The van der Waals surface area contributed by atoms with Crippen molar-refractivity contribution in [1.29, 1.82) is 0 Å². The molecule has 2 aromatic heterocycles. The minimum Gasteiger partial charge on any atom is -0.484 e. The Labute approximate surface area is 179 Å². The summed E-state index contributed by atoms with van der Waals surface area (Å²) in [5, 5.41) is 6.75. The van der Waals surface area contributed by atoms with Gasteiger partial charge in [-0.15, -0.1) is 5.10 Å². The van der Waals surface area contributed by atoms with Gasteiger partial charge in [-0.05, 0) is 57.9 Å². The second-order valence-corrected chi connectivity index (χ2v) is 7.19. The molecule has 0 spiro atoms. The van der Waals surface area contributed by atoms with Gasteiger partial charge >= 0.3 is 0 Å². The third kappa shape index (κ3) is 4.93. The lowest BCUT2D eigenvalue weighted by molar-refractivity contribution is 0.0991. The number of para-hydroxylation sites is 1. The van der Waals surface area contributed by atoms with Crippen LogP contribution in [0.2, 0.25) is 0 Å². The van der Waals surface area contributed by atoms with Crippen LogP contribution in [0.1, 0.15) is 21.9 Å². The van der Waals surface area contributed by atoms with Crippen molar-refractivity contribution in [2.24, 2.45) is 0 Å². The Bertz CT molecular complexity index is 1170. The smallest absolute Gasteiger partial charge is 0.293 e. The van der Waals surface area contributed by atoms with Gasteiger partial charge in [-0.1, -0.05) is 24.3 Å². The molecule has 0 aliphatic rings. The van der Waals surface area contributed by atoms with Gasteiger partial charge < -0.3 is 9.15 Å². The number of nitrogens with zero attached hydrogens (tertiary/aromatic N) is 3. The Morgan fingerprint density at radius 2 is 2.03 bits per heavy atom. The van der Waals surface area contributed by atoms with E-state index in [0.717, 1.165) is 10.0 Å². The van der Waals surface area contributed by atoms with E-state index in [1.807, 2.05) is 24.3 Å². The zero-order valence-corrected chi connectivity index (χ0v) is 17.2. The van der Waals surface area contributed by atoms with Gasteiger partial charge in [-0.3, -0.25) is 10.1 Å². The number of furan rings is 1. The minimum atomic E-state index is -0.481. The van der Waals surface area contributed by atoms with Crippen LogP contribution in [-0.4, -0.2) is 20.7 Å². The molecule has 30 heavy (non-hydrogen) atoms. The van der Waals surface area contributed by atoms with E-state index >= 15 is 0 Å². The number of hydrogen-bond donors (Lipinski definition) is 1. The van der Waals surface area contributed by atoms with Crippen LogP contribution in [0.5, 0.6) is 5.75 Å². The molecule has 0 aliphatic heterocycles. The normalized spacial score (nSPS) is 10.7. The fraction of sp³-hybridized carbons (Fsp3) is 0.0952. The van der Waals surface area contributed by atoms with Crippen molar-refractivity contribution in [3.8, 4) is 5.75 Å². The molecule has 0 fully saturated rings. The lowest BCUT2D eigenvalue weighted by Crippen LogP contribution is -2.12. The van der Waals surface area contributed by atoms with E-state index in [9.17, 15) is 9.18 Å². The lowest BCUT2D eigenvalue weighted by atomic mass is 10.2. The van der Waals surface area contributed by atoms with E-state index in [4.69, 9.17) is 9.15 Å². The number of amides is 1. The van der Waals surface area contributed by atoms with Crippen molar-refractivity contribution in [2.75, 3.05) is 5.32 Å². The van der Waals surface area contributed by atoms with E-state index in [-0.39, 0.29) is 24.1 Å². The highest BCUT2D eigenvalue weighted by Crippen LogP contribution is 2.25. The van der Waals surface area contributed by atoms with E-state index in [2.05, 4.69) is 31.3 Å². The van der Waals surface area contributed by atoms with Crippen molar-refractivity contribution in [1.82, 2.24) is 14.8 Å². The highest BCUT2D eigenvalue weighted by atomic mass is 79.9. The first kappa shape index (κ1) is 19.8. The van der Waals surface area contributed by atoms with E-state index in [1.165, 1.54) is 23.1 Å². The van der Waals surface area contributed by atoms with Crippen molar-refractivity contribution in [3.63, 3.8) is 0 Å². The number of rotatable bonds is 7. The fourth-order valence-corrected chi connectivity index (χ4v) is 3.10. The number of halogens is 2. The zero-order chi connectivity index (χ0) is 20.9. The summed E-state index contributed by atoms with van der Waals surface area (Å²) in [7, 11) is 0. The van der Waals surface area contributed by atoms with E-state index in [1.54, 1.807) is 24.3 Å². The topological polar surface area (TPSA) is 82.2 Å². The average molecular weight is 471 g/mol. The Morgan fingerprint density at radius 1 is 1.17 bits per heavy atom. The van der Waals surface area contributed by atoms with Gasteiger partial charge in [-0.2, -0.15) is 0 Å². The van der Waals surface area contributed by atoms with Crippen LogP contribution in [0.25, 0.3) is 0 Å². The molecule has 2 heterocycles. The molecule has 4 aromatic rings. The van der Waals surface area contributed by atoms with E-state index < -0.39 is 5.91 Å². The standard InChI is InChI=1S/C21H16BrFN4O3/c22-17-6-1-2-7-18(17)29-12-16-8-9-19(30-16)20(28)25-21-24-13-27(26-21)11-14-4-3-5-15(23)10-14/h1-10,13H,11-12H2,(H,25,26,28). The second kappa shape index (κ2) is 8.91. The summed E-state index contributed by atoms with van der Waals surface area (Å²) in [5.74, 6) is 0.610. The molecular weight excluding hydrogens is 455 g/mol. The number of benzene rings is 2. The Kier molecular flexibility index (Phi) is 5.89. The molecule has 0 aliphatic carbocycles. The molecule has 1 N–H and O–H groups in total. The summed E-state index contributed by atoms with van der Waals surface area (Å²) in [4.78, 5) is 16.4. The number of nitrogens with one attached hydrogen (secondary N) is 1. The van der Waals surface area contributed by atoms with Crippen molar-refractivity contribution in [3.05, 3.63) is 94.4 Å². The largest absolute Gasteiger partial charge is 0.484 e. The lowest BCUT2D eigenvalue weighted by Gasteiger charge is -2.05. The van der Waals surface area contributed by atoms with Crippen molar-refractivity contribution < 1.29 is 18.3 Å². The van der Waals surface area contributed by atoms with Crippen LogP contribution in [0.3, 0.4) is 0 Å².